The molecule has 0 aromatic heterocycles. The third-order valence-corrected chi connectivity index (χ3v) is 3.31. The normalized spacial score (nSPS) is 32.3. The third-order valence-electron chi connectivity index (χ3n) is 3.31. The monoisotopic (exact) mass is 208 g/mol. The Bertz CT molecular complexity index is 289. The molecule has 2 atom stereocenters. The molecular weight excluding hydrogens is 184 g/mol. The largest absolute Gasteiger partial charge is 0.387 e. The Morgan fingerprint density at radius 1 is 1.60 bits per heavy atom. The highest BCUT2D eigenvalue weighted by Crippen LogP contribution is 2.32. The summed E-state index contributed by atoms with van der Waals surface area (Å²) in [5.41, 5.74) is 7.29. The zero-order chi connectivity index (χ0) is 11.6. The first kappa shape index (κ1) is 12.3. The van der Waals surface area contributed by atoms with Crippen LogP contribution in [0, 0.1) is 11.8 Å². The van der Waals surface area contributed by atoms with Crippen molar-refractivity contribution in [1.29, 1.82) is 0 Å². The summed E-state index contributed by atoms with van der Waals surface area (Å²) in [5, 5.41) is 0. The van der Waals surface area contributed by atoms with Gasteiger partial charge in [0.1, 0.15) is 0 Å². The van der Waals surface area contributed by atoms with Crippen molar-refractivity contribution in [3.8, 4) is 0 Å². The zero-order valence-electron chi connectivity index (χ0n) is 10.7. The van der Waals surface area contributed by atoms with E-state index in [2.05, 4.69) is 40.7 Å². The molecule has 0 aromatic carbocycles. The van der Waals surface area contributed by atoms with Crippen LogP contribution in [0.15, 0.2) is 16.6 Å². The van der Waals surface area contributed by atoms with Gasteiger partial charge in [-0.3, -0.25) is 4.99 Å². The Hall–Kier alpha value is -0.790. The van der Waals surface area contributed by atoms with Crippen LogP contribution in [-0.2, 0) is 0 Å². The van der Waals surface area contributed by atoms with Crippen LogP contribution in [-0.4, -0.2) is 11.4 Å². The van der Waals surface area contributed by atoms with Crippen molar-refractivity contribution in [2.45, 2.75) is 53.0 Å². The first-order valence-electron chi connectivity index (χ1n) is 5.87. The number of amidine groups is 1. The van der Waals surface area contributed by atoms with Crippen LogP contribution < -0.4 is 5.73 Å². The maximum absolute atomic E-state index is 6.01. The summed E-state index contributed by atoms with van der Waals surface area (Å²) in [6.07, 6.45) is 4.40. The maximum Gasteiger partial charge on any atom is 0.0979 e. The topological polar surface area (TPSA) is 38.4 Å². The van der Waals surface area contributed by atoms with Crippen LogP contribution >= 0.6 is 0 Å². The van der Waals surface area contributed by atoms with Crippen LogP contribution in [0.2, 0.25) is 0 Å². The second kappa shape index (κ2) is 4.38. The molecule has 1 heterocycles. The fourth-order valence-corrected chi connectivity index (χ4v) is 2.18. The molecule has 2 nitrogen and oxygen atoms in total. The maximum atomic E-state index is 6.01. The molecule has 0 bridgehead atoms. The molecule has 0 aromatic rings. The molecule has 2 N–H and O–H groups in total. The van der Waals surface area contributed by atoms with Crippen LogP contribution in [0.1, 0.15) is 47.5 Å². The van der Waals surface area contributed by atoms with Crippen molar-refractivity contribution in [3.63, 3.8) is 0 Å². The standard InChI is InChI=1S/C13H24N2/c1-9(2)8-13(5)11(4)7-6-10(3)12(14)15-13/h7,9-10H,6,8H2,1-5H3,(H2,14,15). The number of allylic oxidation sites excluding steroid dienone is 1. The quantitative estimate of drug-likeness (QED) is 0.696. The lowest BCUT2D eigenvalue weighted by Gasteiger charge is -2.28. The molecule has 1 aliphatic rings. The minimum absolute atomic E-state index is 0.0803. The predicted molar refractivity (Wildman–Crippen MR) is 67.0 cm³/mol. The number of hydrogen-bond donors (Lipinski definition) is 1. The van der Waals surface area contributed by atoms with Crippen LogP contribution in [0.4, 0.5) is 0 Å². The molecule has 15 heavy (non-hydrogen) atoms. The summed E-state index contributed by atoms with van der Waals surface area (Å²) in [7, 11) is 0. The second-order valence-corrected chi connectivity index (χ2v) is 5.43. The van der Waals surface area contributed by atoms with E-state index in [0.717, 1.165) is 18.7 Å². The molecule has 0 fully saturated rings. The minimum atomic E-state index is -0.0803. The van der Waals surface area contributed by atoms with Crippen molar-refractivity contribution in [3.05, 3.63) is 11.6 Å². The summed E-state index contributed by atoms with van der Waals surface area (Å²) >= 11 is 0. The van der Waals surface area contributed by atoms with Gasteiger partial charge in [-0.1, -0.05) is 32.4 Å². The molecule has 1 aliphatic heterocycles. The van der Waals surface area contributed by atoms with Gasteiger partial charge in [-0.2, -0.15) is 0 Å². The molecule has 0 amide bonds. The van der Waals surface area contributed by atoms with Gasteiger partial charge in [-0.25, -0.2) is 0 Å². The number of nitrogens with zero attached hydrogens (tertiary/aromatic N) is 1. The Morgan fingerprint density at radius 2 is 2.20 bits per heavy atom. The lowest BCUT2D eigenvalue weighted by molar-refractivity contribution is 0.422. The van der Waals surface area contributed by atoms with Gasteiger partial charge in [0.05, 0.1) is 11.4 Å². The van der Waals surface area contributed by atoms with Gasteiger partial charge >= 0.3 is 0 Å². The van der Waals surface area contributed by atoms with E-state index in [9.17, 15) is 0 Å². The van der Waals surface area contributed by atoms with Gasteiger partial charge in [-0.05, 0) is 32.6 Å². The summed E-state index contributed by atoms with van der Waals surface area (Å²) in [6.45, 7) is 11.0. The third kappa shape index (κ3) is 2.83. The molecule has 0 saturated carbocycles. The number of nitrogens with two attached hydrogens (primary N) is 1. The molecule has 86 valence electrons. The van der Waals surface area contributed by atoms with E-state index in [1.54, 1.807) is 0 Å². The number of aliphatic imine (C=N–C) groups is 1. The van der Waals surface area contributed by atoms with Gasteiger partial charge in [0.25, 0.3) is 0 Å². The van der Waals surface area contributed by atoms with Crippen LogP contribution in [0.3, 0.4) is 0 Å². The molecule has 0 spiro atoms. The SMILES string of the molecule is CC1=CCC(C)C(N)=NC1(C)CC(C)C. The lowest BCUT2D eigenvalue weighted by atomic mass is 9.85. The first-order valence-corrected chi connectivity index (χ1v) is 5.87. The molecule has 0 radical (unpaired) electrons. The Kier molecular flexibility index (Phi) is 3.58. The average Bonchev–Trinajstić information content (AvgIpc) is 2.18. The minimum Gasteiger partial charge on any atom is -0.387 e. The Balaban J connectivity index is 3.02. The summed E-state index contributed by atoms with van der Waals surface area (Å²) in [6, 6.07) is 0. The first-order chi connectivity index (χ1) is 6.85. The van der Waals surface area contributed by atoms with E-state index in [1.807, 2.05) is 0 Å². The lowest BCUT2D eigenvalue weighted by Crippen LogP contribution is -2.30. The number of rotatable bonds is 2. The molecule has 1 rings (SSSR count). The molecule has 2 heteroatoms. The number of hydrogen-bond acceptors (Lipinski definition) is 2. The Labute approximate surface area is 93.7 Å². The van der Waals surface area contributed by atoms with Crippen molar-refractivity contribution in [2.24, 2.45) is 22.6 Å². The van der Waals surface area contributed by atoms with E-state index in [1.165, 1.54) is 5.57 Å². The smallest absolute Gasteiger partial charge is 0.0979 e. The van der Waals surface area contributed by atoms with E-state index in [-0.39, 0.29) is 5.54 Å². The van der Waals surface area contributed by atoms with Gasteiger partial charge in [0.15, 0.2) is 0 Å². The highest BCUT2D eigenvalue weighted by Gasteiger charge is 2.29. The van der Waals surface area contributed by atoms with Gasteiger partial charge in [-0.15, -0.1) is 0 Å². The Morgan fingerprint density at radius 3 is 2.73 bits per heavy atom. The van der Waals surface area contributed by atoms with Crippen molar-refractivity contribution >= 4 is 5.84 Å². The van der Waals surface area contributed by atoms with Crippen molar-refractivity contribution in [1.82, 2.24) is 0 Å². The van der Waals surface area contributed by atoms with E-state index >= 15 is 0 Å². The van der Waals surface area contributed by atoms with Crippen molar-refractivity contribution in [2.75, 3.05) is 0 Å². The van der Waals surface area contributed by atoms with Gasteiger partial charge in [0, 0.05) is 5.92 Å². The average molecular weight is 208 g/mol. The molecule has 0 saturated heterocycles. The summed E-state index contributed by atoms with van der Waals surface area (Å²) in [5.74, 6) is 1.84. The zero-order valence-corrected chi connectivity index (χ0v) is 10.7. The highest BCUT2D eigenvalue weighted by atomic mass is 14.9. The molecular formula is C13H24N2. The van der Waals surface area contributed by atoms with Gasteiger partial charge in [0.2, 0.25) is 0 Å². The van der Waals surface area contributed by atoms with Crippen LogP contribution in [0.5, 0.6) is 0 Å². The fraction of sp³-hybridized carbons (Fsp3) is 0.769. The van der Waals surface area contributed by atoms with E-state index in [4.69, 9.17) is 10.7 Å². The van der Waals surface area contributed by atoms with Crippen molar-refractivity contribution < 1.29 is 0 Å². The highest BCUT2D eigenvalue weighted by molar-refractivity contribution is 5.83. The predicted octanol–water partition coefficient (Wildman–Crippen LogP) is 3.13. The molecule has 0 aliphatic carbocycles. The fourth-order valence-electron chi connectivity index (χ4n) is 2.18. The van der Waals surface area contributed by atoms with Gasteiger partial charge < -0.3 is 5.73 Å². The summed E-state index contributed by atoms with van der Waals surface area (Å²) in [4.78, 5) is 4.74. The van der Waals surface area contributed by atoms with Crippen LogP contribution in [0.25, 0.3) is 0 Å². The van der Waals surface area contributed by atoms with E-state index < -0.39 is 0 Å². The second-order valence-electron chi connectivity index (χ2n) is 5.43. The summed E-state index contributed by atoms with van der Waals surface area (Å²) < 4.78 is 0. The van der Waals surface area contributed by atoms with E-state index in [0.29, 0.717) is 11.8 Å². The molecule has 2 unspecified atom stereocenters.